The van der Waals surface area contributed by atoms with Crippen molar-refractivity contribution in [1.29, 1.82) is 0 Å². The molecule has 0 radical (unpaired) electrons. The monoisotopic (exact) mass is 428 g/mol. The lowest BCUT2D eigenvalue weighted by atomic mass is 9.97. The van der Waals surface area contributed by atoms with E-state index in [0.717, 1.165) is 76.3 Å². The Bertz CT molecular complexity index is 773. The number of ether oxygens (including phenoxy) is 2. The van der Waals surface area contributed by atoms with Crippen LogP contribution in [0.4, 0.5) is 0 Å². The van der Waals surface area contributed by atoms with Crippen LogP contribution in [0.15, 0.2) is 23.1 Å². The second kappa shape index (κ2) is 9.27. The zero-order valence-electron chi connectivity index (χ0n) is 15.7. The summed E-state index contributed by atoms with van der Waals surface area (Å²) in [5.41, 5.74) is -0.0224. The molecule has 0 aliphatic heterocycles. The molecule has 0 heterocycles. The van der Waals surface area contributed by atoms with Crippen LogP contribution in [-0.2, 0) is 18.5 Å². The minimum atomic E-state index is -4.12. The summed E-state index contributed by atoms with van der Waals surface area (Å²) in [5.74, 6) is -1.30. The van der Waals surface area contributed by atoms with Crippen molar-refractivity contribution >= 4 is 31.7 Å². The Labute approximate surface area is 170 Å². The topological polar surface area (TPSA) is 86.7 Å². The molecule has 0 spiro atoms. The van der Waals surface area contributed by atoms with Crippen LogP contribution in [0.5, 0.6) is 0 Å². The van der Waals surface area contributed by atoms with E-state index in [1.165, 1.54) is 6.07 Å². The first kappa shape index (κ1) is 21.1. The average molecular weight is 429 g/mol. The van der Waals surface area contributed by atoms with Gasteiger partial charge in [0.05, 0.1) is 16.0 Å². The summed E-state index contributed by atoms with van der Waals surface area (Å²) in [6, 6.07) is 3.61. The van der Waals surface area contributed by atoms with E-state index < -0.39 is 21.0 Å². The molecular weight excluding hydrogens is 404 g/mol. The molecule has 0 bridgehead atoms. The summed E-state index contributed by atoms with van der Waals surface area (Å²) in [5, 5.41) is 0. The minimum Gasteiger partial charge on any atom is -0.459 e. The molecule has 2 fully saturated rings. The molecule has 2 aliphatic carbocycles. The van der Waals surface area contributed by atoms with Crippen LogP contribution >= 0.6 is 10.7 Å². The van der Waals surface area contributed by atoms with Gasteiger partial charge >= 0.3 is 11.9 Å². The van der Waals surface area contributed by atoms with Gasteiger partial charge in [0.1, 0.15) is 12.2 Å². The second-order valence-electron chi connectivity index (χ2n) is 7.51. The number of hydrogen-bond donors (Lipinski definition) is 0. The molecule has 0 aromatic heterocycles. The van der Waals surface area contributed by atoms with Crippen molar-refractivity contribution in [2.75, 3.05) is 0 Å². The number of halogens is 1. The highest BCUT2D eigenvalue weighted by Gasteiger charge is 2.25. The standard InChI is InChI=1S/C20H25ClO6S/c21-28(24,25)18-12-14(19(22)26-16-7-3-1-4-8-16)11-15(13-18)20(23)27-17-9-5-2-6-10-17/h11-13,16-17H,1-10H2. The Hall–Kier alpha value is -1.60. The molecular formula is C20H25ClO6S. The van der Waals surface area contributed by atoms with Crippen molar-refractivity contribution in [2.24, 2.45) is 0 Å². The van der Waals surface area contributed by atoms with Crippen LogP contribution in [0.3, 0.4) is 0 Å². The molecule has 154 valence electrons. The van der Waals surface area contributed by atoms with Crippen LogP contribution in [-0.4, -0.2) is 32.6 Å². The van der Waals surface area contributed by atoms with Gasteiger partial charge < -0.3 is 9.47 Å². The number of carbonyl (C=O) groups excluding carboxylic acids is 2. The predicted octanol–water partition coefficient (Wildman–Crippen LogP) is 4.59. The number of esters is 2. The fourth-order valence-corrected chi connectivity index (χ4v) is 4.58. The molecule has 6 nitrogen and oxygen atoms in total. The smallest absolute Gasteiger partial charge is 0.338 e. The van der Waals surface area contributed by atoms with Gasteiger partial charge in [-0.2, -0.15) is 0 Å². The number of hydrogen-bond acceptors (Lipinski definition) is 6. The van der Waals surface area contributed by atoms with Crippen molar-refractivity contribution in [3.63, 3.8) is 0 Å². The van der Waals surface area contributed by atoms with E-state index in [1.807, 2.05) is 0 Å². The summed E-state index contributed by atoms with van der Waals surface area (Å²) in [7, 11) is 1.34. The molecule has 2 saturated carbocycles. The van der Waals surface area contributed by atoms with Crippen LogP contribution in [0, 0.1) is 0 Å². The van der Waals surface area contributed by atoms with Gasteiger partial charge in [0.15, 0.2) is 0 Å². The van der Waals surface area contributed by atoms with Gasteiger partial charge in [0.25, 0.3) is 9.05 Å². The summed E-state index contributed by atoms with van der Waals surface area (Å²) < 4.78 is 34.6. The van der Waals surface area contributed by atoms with Gasteiger partial charge in [0, 0.05) is 10.7 Å². The lowest BCUT2D eigenvalue weighted by molar-refractivity contribution is 0.0209. The SMILES string of the molecule is O=C(OC1CCCCC1)c1cc(C(=O)OC2CCCCC2)cc(S(=O)(=O)Cl)c1. The van der Waals surface area contributed by atoms with Crippen molar-refractivity contribution in [3.8, 4) is 0 Å². The Kier molecular flexibility index (Phi) is 6.99. The normalized spacial score (nSPS) is 19.2. The molecule has 0 N–H and O–H groups in total. The molecule has 28 heavy (non-hydrogen) atoms. The van der Waals surface area contributed by atoms with E-state index >= 15 is 0 Å². The van der Waals surface area contributed by atoms with E-state index in [9.17, 15) is 18.0 Å². The van der Waals surface area contributed by atoms with E-state index in [0.29, 0.717) is 0 Å². The Balaban J connectivity index is 1.81. The number of carbonyl (C=O) groups is 2. The first-order valence-electron chi connectivity index (χ1n) is 9.84. The van der Waals surface area contributed by atoms with Crippen LogP contribution in [0.1, 0.15) is 84.9 Å². The molecule has 8 heteroatoms. The first-order valence-corrected chi connectivity index (χ1v) is 12.2. The molecule has 2 aliphatic rings. The molecule has 0 amide bonds. The highest BCUT2D eigenvalue weighted by molar-refractivity contribution is 8.13. The quantitative estimate of drug-likeness (QED) is 0.503. The van der Waals surface area contributed by atoms with Gasteiger partial charge in [-0.3, -0.25) is 0 Å². The maximum atomic E-state index is 12.5. The largest absolute Gasteiger partial charge is 0.459 e. The van der Waals surface area contributed by atoms with Crippen molar-refractivity contribution in [2.45, 2.75) is 81.3 Å². The highest BCUT2D eigenvalue weighted by Crippen LogP contribution is 2.26. The Morgan fingerprint density at radius 2 is 1.14 bits per heavy atom. The van der Waals surface area contributed by atoms with Crippen LogP contribution in [0.2, 0.25) is 0 Å². The molecule has 0 saturated heterocycles. The molecule has 1 aromatic carbocycles. The van der Waals surface area contributed by atoms with E-state index in [2.05, 4.69) is 0 Å². The molecule has 0 unspecified atom stereocenters. The van der Waals surface area contributed by atoms with E-state index in [1.54, 1.807) is 0 Å². The fourth-order valence-electron chi connectivity index (χ4n) is 3.78. The van der Waals surface area contributed by atoms with Gasteiger partial charge in [-0.15, -0.1) is 0 Å². The molecule has 3 rings (SSSR count). The van der Waals surface area contributed by atoms with Crippen molar-refractivity contribution in [1.82, 2.24) is 0 Å². The van der Waals surface area contributed by atoms with Crippen molar-refractivity contribution < 1.29 is 27.5 Å². The number of rotatable bonds is 5. The van der Waals surface area contributed by atoms with Gasteiger partial charge in [0.2, 0.25) is 0 Å². The van der Waals surface area contributed by atoms with E-state index in [4.69, 9.17) is 20.2 Å². The second-order valence-corrected chi connectivity index (χ2v) is 10.1. The maximum Gasteiger partial charge on any atom is 0.338 e. The minimum absolute atomic E-state index is 0.0112. The van der Waals surface area contributed by atoms with Crippen molar-refractivity contribution in [3.05, 3.63) is 29.3 Å². The van der Waals surface area contributed by atoms with Crippen LogP contribution in [0.25, 0.3) is 0 Å². The zero-order chi connectivity index (χ0) is 20.1. The lowest BCUT2D eigenvalue weighted by Gasteiger charge is -2.23. The fraction of sp³-hybridized carbons (Fsp3) is 0.600. The first-order chi connectivity index (χ1) is 13.3. The van der Waals surface area contributed by atoms with Crippen LogP contribution < -0.4 is 0 Å². The number of benzene rings is 1. The molecule has 1 aromatic rings. The molecule has 0 atom stereocenters. The third-order valence-corrected chi connectivity index (χ3v) is 6.64. The highest BCUT2D eigenvalue weighted by atomic mass is 35.7. The zero-order valence-corrected chi connectivity index (χ0v) is 17.3. The Morgan fingerprint density at radius 1 is 0.750 bits per heavy atom. The predicted molar refractivity (Wildman–Crippen MR) is 104 cm³/mol. The Morgan fingerprint density at radius 3 is 1.50 bits per heavy atom. The van der Waals surface area contributed by atoms with Gasteiger partial charge in [-0.25, -0.2) is 18.0 Å². The maximum absolute atomic E-state index is 12.5. The lowest BCUT2D eigenvalue weighted by Crippen LogP contribution is -2.23. The summed E-state index contributed by atoms with van der Waals surface area (Å²) in [6.45, 7) is 0. The average Bonchev–Trinajstić information content (AvgIpc) is 2.68. The summed E-state index contributed by atoms with van der Waals surface area (Å²) in [6.07, 6.45) is 8.98. The third-order valence-electron chi connectivity index (χ3n) is 5.31. The van der Waals surface area contributed by atoms with Gasteiger partial charge in [-0.1, -0.05) is 12.8 Å². The summed E-state index contributed by atoms with van der Waals surface area (Å²) in [4.78, 5) is 24.8. The third kappa shape index (κ3) is 5.70. The summed E-state index contributed by atoms with van der Waals surface area (Å²) >= 11 is 0. The van der Waals surface area contributed by atoms with E-state index in [-0.39, 0.29) is 28.2 Å². The van der Waals surface area contributed by atoms with Gasteiger partial charge in [-0.05, 0) is 69.6 Å².